The molecule has 2 rings (SSSR count). The first-order valence-electron chi connectivity index (χ1n) is 5.60. The third kappa shape index (κ3) is 4.69. The Morgan fingerprint density at radius 1 is 1.30 bits per heavy atom. The smallest absolute Gasteiger partial charge is 0.218 e. The topological polar surface area (TPSA) is 95.2 Å². The van der Waals surface area contributed by atoms with Crippen LogP contribution in [0.25, 0.3) is 0 Å². The van der Waals surface area contributed by atoms with Gasteiger partial charge in [0.2, 0.25) is 15.9 Å². The second kappa shape index (κ2) is 6.46. The van der Waals surface area contributed by atoms with E-state index in [0.29, 0.717) is 5.56 Å². The first-order valence-corrected chi connectivity index (χ1v) is 8.40. The van der Waals surface area contributed by atoms with Gasteiger partial charge in [-0.2, -0.15) is 0 Å². The molecule has 6 nitrogen and oxygen atoms in total. The van der Waals surface area contributed by atoms with E-state index in [2.05, 4.69) is 32.6 Å². The Hall–Kier alpha value is -1.26. The van der Waals surface area contributed by atoms with E-state index in [1.165, 1.54) is 0 Å². The Morgan fingerprint density at radius 2 is 2.00 bits per heavy atom. The number of sulfonamides is 1. The number of hydrogen-bond donors (Lipinski definition) is 1. The van der Waals surface area contributed by atoms with Gasteiger partial charge in [-0.25, -0.2) is 18.5 Å². The second-order valence-corrected chi connectivity index (χ2v) is 6.93. The number of nitrogens with zero attached hydrogens (tertiary/aromatic N) is 2. The number of primary sulfonamides is 1. The van der Waals surface area contributed by atoms with E-state index in [0.717, 1.165) is 9.13 Å². The van der Waals surface area contributed by atoms with Gasteiger partial charge in [0.15, 0.2) is 0 Å². The molecule has 0 saturated carbocycles. The number of halogens is 1. The highest BCUT2D eigenvalue weighted by molar-refractivity contribution is 14.1. The van der Waals surface area contributed by atoms with Crippen LogP contribution in [0.2, 0.25) is 0 Å². The molecule has 0 radical (unpaired) electrons. The van der Waals surface area contributed by atoms with Crippen molar-refractivity contribution in [3.63, 3.8) is 0 Å². The SMILES string of the molecule is NS(=O)(=O)Cc1cc(I)cnc1OCc1ccncc1. The predicted molar refractivity (Wildman–Crippen MR) is 82.3 cm³/mol. The third-order valence-corrected chi connectivity index (χ3v) is 3.68. The minimum absolute atomic E-state index is 0.274. The fourth-order valence-electron chi connectivity index (χ4n) is 1.55. The largest absolute Gasteiger partial charge is 0.473 e. The van der Waals surface area contributed by atoms with Crippen LogP contribution in [0.3, 0.4) is 0 Å². The molecule has 8 heteroatoms. The van der Waals surface area contributed by atoms with Gasteiger partial charge in [0.05, 0.1) is 5.75 Å². The average Bonchev–Trinajstić information content (AvgIpc) is 2.37. The van der Waals surface area contributed by atoms with Crippen LogP contribution in [0.5, 0.6) is 5.88 Å². The fourth-order valence-corrected chi connectivity index (χ4v) is 2.70. The molecule has 0 atom stereocenters. The lowest BCUT2D eigenvalue weighted by atomic mass is 10.3. The summed E-state index contributed by atoms with van der Waals surface area (Å²) in [6.45, 7) is 0.285. The highest BCUT2D eigenvalue weighted by Crippen LogP contribution is 2.20. The standard InChI is InChI=1S/C12H12IN3O3S/c13-11-5-10(8-20(14,17)18)12(16-6-11)19-7-9-1-3-15-4-2-9/h1-6H,7-8H2,(H2,14,17,18). The van der Waals surface area contributed by atoms with Crippen LogP contribution < -0.4 is 9.88 Å². The van der Waals surface area contributed by atoms with Gasteiger partial charge in [-0.05, 0) is 46.4 Å². The molecule has 2 heterocycles. The van der Waals surface area contributed by atoms with Gasteiger partial charge in [-0.1, -0.05) is 0 Å². The lowest BCUT2D eigenvalue weighted by molar-refractivity contribution is 0.291. The molecule has 0 amide bonds. The van der Waals surface area contributed by atoms with E-state index in [4.69, 9.17) is 9.88 Å². The first kappa shape index (κ1) is 15.1. The van der Waals surface area contributed by atoms with E-state index < -0.39 is 10.0 Å². The van der Waals surface area contributed by atoms with Gasteiger partial charge >= 0.3 is 0 Å². The number of hydrogen-bond acceptors (Lipinski definition) is 5. The summed E-state index contributed by atoms with van der Waals surface area (Å²) in [4.78, 5) is 8.02. The summed E-state index contributed by atoms with van der Waals surface area (Å²) < 4.78 is 28.8. The number of nitrogens with two attached hydrogens (primary N) is 1. The van der Waals surface area contributed by atoms with Gasteiger partial charge < -0.3 is 4.74 Å². The van der Waals surface area contributed by atoms with Crippen molar-refractivity contribution >= 4 is 32.6 Å². The van der Waals surface area contributed by atoms with E-state index >= 15 is 0 Å². The van der Waals surface area contributed by atoms with E-state index in [9.17, 15) is 8.42 Å². The zero-order chi connectivity index (χ0) is 14.6. The molecule has 0 unspecified atom stereocenters. The second-order valence-electron chi connectivity index (χ2n) is 4.07. The van der Waals surface area contributed by atoms with Gasteiger partial charge in [0.1, 0.15) is 6.61 Å². The predicted octanol–water partition coefficient (Wildman–Crippen LogP) is 1.45. The van der Waals surface area contributed by atoms with Crippen LogP contribution in [0, 0.1) is 3.57 Å². The summed E-state index contributed by atoms with van der Waals surface area (Å²) in [5.74, 6) is -0.0287. The molecule has 0 aliphatic rings. The van der Waals surface area contributed by atoms with Gasteiger partial charge in [-0.15, -0.1) is 0 Å². The Morgan fingerprint density at radius 3 is 2.65 bits per heavy atom. The lowest BCUT2D eigenvalue weighted by Gasteiger charge is -2.10. The van der Waals surface area contributed by atoms with E-state index in [1.54, 1.807) is 24.7 Å². The zero-order valence-corrected chi connectivity index (χ0v) is 13.3. The molecule has 0 fully saturated rings. The maximum atomic E-state index is 11.2. The summed E-state index contributed by atoms with van der Waals surface area (Å²) in [7, 11) is -3.63. The molecule has 0 aliphatic heterocycles. The number of rotatable bonds is 5. The molecule has 2 N–H and O–H groups in total. The maximum Gasteiger partial charge on any atom is 0.218 e. The van der Waals surface area contributed by atoms with Crippen LogP contribution in [0.1, 0.15) is 11.1 Å². The summed E-state index contributed by atoms with van der Waals surface area (Å²) >= 11 is 2.05. The molecule has 0 aromatic carbocycles. The van der Waals surface area contributed by atoms with Crippen molar-refractivity contribution in [3.05, 3.63) is 51.5 Å². The van der Waals surface area contributed by atoms with Crippen molar-refractivity contribution in [1.82, 2.24) is 9.97 Å². The van der Waals surface area contributed by atoms with Crippen LogP contribution in [0.4, 0.5) is 0 Å². The summed E-state index contributed by atoms with van der Waals surface area (Å²) in [5.41, 5.74) is 1.37. The Bertz CT molecular complexity index is 692. The molecular weight excluding hydrogens is 393 g/mol. The summed E-state index contributed by atoms with van der Waals surface area (Å²) in [6, 6.07) is 5.32. The molecule has 0 aliphatic carbocycles. The molecule has 20 heavy (non-hydrogen) atoms. The van der Waals surface area contributed by atoms with Crippen molar-refractivity contribution in [3.8, 4) is 5.88 Å². The van der Waals surface area contributed by atoms with Crippen molar-refractivity contribution < 1.29 is 13.2 Å². The van der Waals surface area contributed by atoms with Gasteiger partial charge in [0, 0.05) is 27.7 Å². The molecular formula is C12H12IN3O3S. The Balaban J connectivity index is 2.18. The fraction of sp³-hybridized carbons (Fsp3) is 0.167. The number of ether oxygens (including phenoxy) is 1. The maximum absolute atomic E-state index is 11.2. The van der Waals surface area contributed by atoms with Gasteiger partial charge in [0.25, 0.3) is 0 Å². The normalized spacial score (nSPS) is 11.3. The van der Waals surface area contributed by atoms with Crippen LogP contribution in [-0.4, -0.2) is 18.4 Å². The lowest BCUT2D eigenvalue weighted by Crippen LogP contribution is -2.15. The Kier molecular flexibility index (Phi) is 4.89. The molecule has 0 saturated heterocycles. The highest BCUT2D eigenvalue weighted by atomic mass is 127. The van der Waals surface area contributed by atoms with Crippen LogP contribution >= 0.6 is 22.6 Å². The van der Waals surface area contributed by atoms with Crippen molar-refractivity contribution in [2.75, 3.05) is 0 Å². The highest BCUT2D eigenvalue weighted by Gasteiger charge is 2.13. The van der Waals surface area contributed by atoms with E-state index in [-0.39, 0.29) is 18.2 Å². The molecule has 106 valence electrons. The van der Waals surface area contributed by atoms with Crippen molar-refractivity contribution in [2.24, 2.45) is 5.14 Å². The molecule has 0 bridgehead atoms. The quantitative estimate of drug-likeness (QED) is 0.760. The number of aromatic nitrogens is 2. The molecule has 0 spiro atoms. The van der Waals surface area contributed by atoms with Crippen molar-refractivity contribution in [1.29, 1.82) is 0 Å². The first-order chi connectivity index (χ1) is 9.44. The minimum atomic E-state index is -3.63. The van der Waals surface area contributed by atoms with Crippen LogP contribution in [0.15, 0.2) is 36.8 Å². The van der Waals surface area contributed by atoms with Crippen molar-refractivity contribution in [2.45, 2.75) is 12.4 Å². The van der Waals surface area contributed by atoms with Crippen LogP contribution in [-0.2, 0) is 22.4 Å². The molecule has 2 aromatic heterocycles. The van der Waals surface area contributed by atoms with E-state index in [1.807, 2.05) is 12.1 Å². The average molecular weight is 405 g/mol. The summed E-state index contributed by atoms with van der Waals surface area (Å²) in [6.07, 6.45) is 4.92. The monoisotopic (exact) mass is 405 g/mol. The van der Waals surface area contributed by atoms with Gasteiger partial charge in [-0.3, -0.25) is 4.98 Å². The minimum Gasteiger partial charge on any atom is -0.473 e. The Labute approximate surface area is 130 Å². The molecule has 2 aromatic rings. The third-order valence-electron chi connectivity index (χ3n) is 2.37. The number of pyridine rings is 2. The summed E-state index contributed by atoms with van der Waals surface area (Å²) in [5, 5.41) is 5.07. The zero-order valence-electron chi connectivity index (χ0n) is 10.4.